The molecule has 0 fully saturated rings. The SMILES string of the molecule is C=CC[C@@H](NC(=O)c1ccc(OC(C)=O)cc1)C(N)=O. The molecule has 1 atom stereocenters. The maximum Gasteiger partial charge on any atom is 0.308 e. The molecule has 0 spiro atoms. The summed E-state index contributed by atoms with van der Waals surface area (Å²) in [4.78, 5) is 33.8. The molecule has 0 aliphatic carbocycles. The number of carbonyl (C=O) groups excluding carboxylic acids is 3. The molecule has 0 unspecified atom stereocenters. The summed E-state index contributed by atoms with van der Waals surface area (Å²) in [6, 6.07) is 5.15. The van der Waals surface area contributed by atoms with E-state index < -0.39 is 23.8 Å². The standard InChI is InChI=1S/C14H16N2O4/c1-3-4-12(13(15)18)16-14(19)10-5-7-11(8-6-10)20-9(2)17/h3,5-8,12H,1,4H2,2H3,(H2,15,18)(H,16,19)/t12-/m1/s1. The van der Waals surface area contributed by atoms with E-state index in [0.29, 0.717) is 11.3 Å². The molecule has 3 N–H and O–H groups in total. The van der Waals surface area contributed by atoms with Crippen LogP contribution < -0.4 is 15.8 Å². The number of benzene rings is 1. The van der Waals surface area contributed by atoms with E-state index in [4.69, 9.17) is 10.5 Å². The molecule has 0 saturated heterocycles. The zero-order valence-electron chi connectivity index (χ0n) is 11.1. The number of carbonyl (C=O) groups is 3. The molecular formula is C14H16N2O4. The van der Waals surface area contributed by atoms with Crippen molar-refractivity contribution in [2.75, 3.05) is 0 Å². The summed E-state index contributed by atoms with van der Waals surface area (Å²) in [7, 11) is 0. The minimum absolute atomic E-state index is 0.257. The lowest BCUT2D eigenvalue weighted by Gasteiger charge is -2.13. The molecule has 1 aromatic carbocycles. The molecule has 1 rings (SSSR count). The van der Waals surface area contributed by atoms with Crippen molar-refractivity contribution in [1.29, 1.82) is 0 Å². The Bertz CT molecular complexity index is 522. The molecule has 0 aromatic heterocycles. The Morgan fingerprint density at radius 3 is 2.40 bits per heavy atom. The first kappa shape index (κ1) is 15.4. The van der Waals surface area contributed by atoms with E-state index in [1.165, 1.54) is 37.3 Å². The summed E-state index contributed by atoms with van der Waals surface area (Å²) < 4.78 is 4.85. The van der Waals surface area contributed by atoms with Crippen molar-refractivity contribution in [2.45, 2.75) is 19.4 Å². The van der Waals surface area contributed by atoms with Crippen LogP contribution >= 0.6 is 0 Å². The molecule has 6 heteroatoms. The number of nitrogens with one attached hydrogen (secondary N) is 1. The summed E-state index contributed by atoms with van der Waals surface area (Å²) in [5.41, 5.74) is 5.50. The Hall–Kier alpha value is -2.63. The molecule has 6 nitrogen and oxygen atoms in total. The Morgan fingerprint density at radius 2 is 1.95 bits per heavy atom. The van der Waals surface area contributed by atoms with Gasteiger partial charge in [0, 0.05) is 12.5 Å². The number of esters is 1. The van der Waals surface area contributed by atoms with Gasteiger partial charge in [-0.25, -0.2) is 0 Å². The summed E-state index contributed by atoms with van der Waals surface area (Å²) >= 11 is 0. The highest BCUT2D eigenvalue weighted by molar-refractivity contribution is 5.97. The lowest BCUT2D eigenvalue weighted by Crippen LogP contribution is -2.44. The number of rotatable bonds is 6. The monoisotopic (exact) mass is 276 g/mol. The summed E-state index contributed by atoms with van der Waals surface area (Å²) in [5, 5.41) is 2.50. The lowest BCUT2D eigenvalue weighted by atomic mass is 10.1. The Morgan fingerprint density at radius 1 is 1.35 bits per heavy atom. The van der Waals surface area contributed by atoms with E-state index in [0.717, 1.165) is 0 Å². The third-order valence-electron chi connectivity index (χ3n) is 2.43. The Kier molecular flexibility index (Phi) is 5.46. The molecule has 0 aliphatic rings. The van der Waals surface area contributed by atoms with E-state index in [-0.39, 0.29) is 6.42 Å². The van der Waals surface area contributed by atoms with Crippen LogP contribution in [0.5, 0.6) is 5.75 Å². The number of amides is 2. The van der Waals surface area contributed by atoms with Crippen LogP contribution in [0.2, 0.25) is 0 Å². The summed E-state index contributed by atoms with van der Waals surface area (Å²) in [5.74, 6) is -1.17. The van der Waals surface area contributed by atoms with Gasteiger partial charge in [0.05, 0.1) is 0 Å². The number of hydrogen-bond donors (Lipinski definition) is 2. The van der Waals surface area contributed by atoms with Gasteiger partial charge in [0.1, 0.15) is 11.8 Å². The molecule has 0 saturated carbocycles. The molecule has 2 amide bonds. The molecule has 106 valence electrons. The second kappa shape index (κ2) is 7.08. The first-order valence-corrected chi connectivity index (χ1v) is 5.93. The van der Waals surface area contributed by atoms with E-state index in [2.05, 4.69) is 11.9 Å². The van der Waals surface area contributed by atoms with Gasteiger partial charge in [0.2, 0.25) is 5.91 Å². The van der Waals surface area contributed by atoms with Crippen molar-refractivity contribution in [3.63, 3.8) is 0 Å². The van der Waals surface area contributed by atoms with Gasteiger partial charge < -0.3 is 15.8 Å². The first-order valence-electron chi connectivity index (χ1n) is 5.93. The highest BCUT2D eigenvalue weighted by atomic mass is 16.5. The summed E-state index contributed by atoms with van der Waals surface area (Å²) in [6.07, 6.45) is 1.76. The van der Waals surface area contributed by atoms with Gasteiger partial charge in [-0.15, -0.1) is 6.58 Å². The van der Waals surface area contributed by atoms with Gasteiger partial charge >= 0.3 is 5.97 Å². The second-order valence-corrected chi connectivity index (χ2v) is 4.07. The topological polar surface area (TPSA) is 98.5 Å². The predicted molar refractivity (Wildman–Crippen MR) is 73.0 cm³/mol. The third-order valence-corrected chi connectivity index (χ3v) is 2.43. The fourth-order valence-corrected chi connectivity index (χ4v) is 1.49. The average Bonchev–Trinajstić information content (AvgIpc) is 2.38. The fraction of sp³-hybridized carbons (Fsp3) is 0.214. The third kappa shape index (κ3) is 4.56. The number of primary amides is 1. The van der Waals surface area contributed by atoms with Crippen LogP contribution in [-0.4, -0.2) is 23.8 Å². The second-order valence-electron chi connectivity index (χ2n) is 4.07. The largest absolute Gasteiger partial charge is 0.427 e. The van der Waals surface area contributed by atoms with Crippen molar-refractivity contribution in [2.24, 2.45) is 5.73 Å². The van der Waals surface area contributed by atoms with E-state index in [9.17, 15) is 14.4 Å². The van der Waals surface area contributed by atoms with E-state index >= 15 is 0 Å². The van der Waals surface area contributed by atoms with E-state index in [1.807, 2.05) is 0 Å². The highest BCUT2D eigenvalue weighted by Gasteiger charge is 2.17. The fourth-order valence-electron chi connectivity index (χ4n) is 1.49. The van der Waals surface area contributed by atoms with E-state index in [1.54, 1.807) is 0 Å². The van der Waals surface area contributed by atoms with Crippen LogP contribution in [0.15, 0.2) is 36.9 Å². The van der Waals surface area contributed by atoms with Gasteiger partial charge in [0.15, 0.2) is 0 Å². The van der Waals surface area contributed by atoms with Crippen molar-refractivity contribution in [3.05, 3.63) is 42.5 Å². The molecule has 0 heterocycles. The van der Waals surface area contributed by atoms with Crippen molar-refractivity contribution >= 4 is 17.8 Å². The van der Waals surface area contributed by atoms with Crippen molar-refractivity contribution < 1.29 is 19.1 Å². The smallest absolute Gasteiger partial charge is 0.308 e. The van der Waals surface area contributed by atoms with Gasteiger partial charge in [-0.3, -0.25) is 14.4 Å². The molecule has 0 bridgehead atoms. The quantitative estimate of drug-likeness (QED) is 0.455. The van der Waals surface area contributed by atoms with Crippen LogP contribution in [0.25, 0.3) is 0 Å². The predicted octanol–water partition coefficient (Wildman–Crippen LogP) is 0.772. The summed E-state index contributed by atoms with van der Waals surface area (Å²) in [6.45, 7) is 4.78. The van der Waals surface area contributed by atoms with Crippen LogP contribution in [0.1, 0.15) is 23.7 Å². The molecule has 20 heavy (non-hydrogen) atoms. The minimum atomic E-state index is -0.798. The zero-order valence-corrected chi connectivity index (χ0v) is 11.1. The maximum atomic E-state index is 11.9. The number of hydrogen-bond acceptors (Lipinski definition) is 4. The molecular weight excluding hydrogens is 260 g/mol. The molecule has 0 radical (unpaired) electrons. The van der Waals surface area contributed by atoms with Crippen LogP contribution in [0.4, 0.5) is 0 Å². The van der Waals surface area contributed by atoms with Crippen LogP contribution in [0, 0.1) is 0 Å². The first-order chi connectivity index (χ1) is 9.43. The van der Waals surface area contributed by atoms with Gasteiger partial charge in [-0.05, 0) is 30.7 Å². The van der Waals surface area contributed by atoms with Crippen molar-refractivity contribution in [3.8, 4) is 5.75 Å². The number of nitrogens with two attached hydrogens (primary N) is 1. The molecule has 1 aromatic rings. The highest BCUT2D eigenvalue weighted by Crippen LogP contribution is 2.12. The van der Waals surface area contributed by atoms with Crippen LogP contribution in [0.3, 0.4) is 0 Å². The average molecular weight is 276 g/mol. The molecule has 0 aliphatic heterocycles. The number of ether oxygens (including phenoxy) is 1. The minimum Gasteiger partial charge on any atom is -0.427 e. The van der Waals surface area contributed by atoms with Gasteiger partial charge in [-0.2, -0.15) is 0 Å². The maximum absolute atomic E-state index is 11.9. The Balaban J connectivity index is 2.74. The zero-order chi connectivity index (χ0) is 15.1. The van der Waals surface area contributed by atoms with Crippen molar-refractivity contribution in [1.82, 2.24) is 5.32 Å². The Labute approximate surface area is 116 Å². The van der Waals surface area contributed by atoms with Gasteiger partial charge in [0.25, 0.3) is 5.91 Å². The van der Waals surface area contributed by atoms with Gasteiger partial charge in [-0.1, -0.05) is 6.08 Å². The lowest BCUT2D eigenvalue weighted by molar-refractivity contribution is -0.131. The van der Waals surface area contributed by atoms with Crippen LogP contribution in [-0.2, 0) is 9.59 Å². The normalized spacial score (nSPS) is 11.2.